The molecule has 0 spiro atoms. The van der Waals surface area contributed by atoms with Crippen LogP contribution in [0.25, 0.3) is 5.69 Å². The third kappa shape index (κ3) is 3.55. The summed E-state index contributed by atoms with van der Waals surface area (Å²) in [5.41, 5.74) is 1.72. The van der Waals surface area contributed by atoms with Gasteiger partial charge in [0.15, 0.2) is 5.82 Å². The summed E-state index contributed by atoms with van der Waals surface area (Å²) in [6, 6.07) is 12.4. The van der Waals surface area contributed by atoms with Gasteiger partial charge in [-0.2, -0.15) is 4.68 Å². The molecule has 3 aromatic rings. The number of anilines is 2. The molecule has 7 nitrogen and oxygen atoms in total. The second kappa shape index (κ2) is 7.43. The second-order valence-electron chi connectivity index (χ2n) is 6.13. The van der Waals surface area contributed by atoms with Gasteiger partial charge in [-0.3, -0.25) is 4.79 Å². The highest BCUT2D eigenvalue weighted by atomic mass is 79.9. The molecular formula is C18H16BrFN6O. The largest absolute Gasteiger partial charge is 0.378 e. The number of rotatable bonds is 5. The zero-order valence-electron chi connectivity index (χ0n) is 14.3. The first kappa shape index (κ1) is 17.6. The number of aromatic nitrogens is 4. The average molecular weight is 431 g/mol. The minimum atomic E-state index is -0.430. The Bertz CT molecular complexity index is 991. The number of hydrogen-bond acceptors (Lipinski definition) is 5. The lowest BCUT2D eigenvalue weighted by atomic mass is 10.2. The van der Waals surface area contributed by atoms with Gasteiger partial charge in [0.1, 0.15) is 5.82 Å². The first-order chi connectivity index (χ1) is 13.1. The van der Waals surface area contributed by atoms with Crippen molar-refractivity contribution in [3.05, 3.63) is 58.6 Å². The van der Waals surface area contributed by atoms with Gasteiger partial charge in [0.25, 0.3) is 0 Å². The summed E-state index contributed by atoms with van der Waals surface area (Å²) >= 11 is 3.48. The van der Waals surface area contributed by atoms with Crippen LogP contribution >= 0.6 is 15.9 Å². The van der Waals surface area contributed by atoms with Crippen LogP contribution in [0.3, 0.4) is 0 Å². The Morgan fingerprint density at radius 2 is 2.04 bits per heavy atom. The van der Waals surface area contributed by atoms with Crippen LogP contribution in [0.2, 0.25) is 0 Å². The standard InChI is InChI=1S/C18H16BrFN6O/c19-13-4-1-2-5-15(13)26-17(22-23-24-26)11-21-12-7-8-16(14(20)10-12)25-9-3-6-18(25)27/h1-2,4-5,7-8,10,21H,3,6,9,11H2. The van der Waals surface area contributed by atoms with Crippen molar-refractivity contribution in [3.63, 3.8) is 0 Å². The Morgan fingerprint density at radius 1 is 1.19 bits per heavy atom. The molecule has 1 aromatic heterocycles. The Kier molecular flexibility index (Phi) is 4.85. The number of nitrogens with zero attached hydrogens (tertiary/aromatic N) is 5. The van der Waals surface area contributed by atoms with Gasteiger partial charge >= 0.3 is 0 Å². The molecular weight excluding hydrogens is 415 g/mol. The number of carbonyl (C=O) groups excluding carboxylic acids is 1. The zero-order valence-corrected chi connectivity index (χ0v) is 15.9. The molecule has 27 heavy (non-hydrogen) atoms. The fourth-order valence-corrected chi connectivity index (χ4v) is 3.50. The number of benzene rings is 2. The van der Waals surface area contributed by atoms with E-state index in [2.05, 4.69) is 36.8 Å². The molecule has 2 heterocycles. The molecule has 1 aliphatic rings. The van der Waals surface area contributed by atoms with E-state index in [0.29, 0.717) is 36.7 Å². The molecule has 0 saturated carbocycles. The maximum atomic E-state index is 14.5. The van der Waals surface area contributed by atoms with Crippen molar-refractivity contribution in [2.45, 2.75) is 19.4 Å². The number of nitrogens with one attached hydrogen (secondary N) is 1. The van der Waals surface area contributed by atoms with Gasteiger partial charge in [-0.25, -0.2) is 4.39 Å². The van der Waals surface area contributed by atoms with E-state index in [1.165, 1.54) is 11.0 Å². The lowest BCUT2D eigenvalue weighted by Crippen LogP contribution is -2.24. The lowest BCUT2D eigenvalue weighted by molar-refractivity contribution is -0.117. The Hall–Kier alpha value is -2.81. The minimum absolute atomic E-state index is 0.0396. The topological polar surface area (TPSA) is 75.9 Å². The van der Waals surface area contributed by atoms with E-state index in [9.17, 15) is 9.18 Å². The lowest BCUT2D eigenvalue weighted by Gasteiger charge is -2.17. The molecule has 9 heteroatoms. The van der Waals surface area contributed by atoms with E-state index in [1.54, 1.807) is 16.8 Å². The Morgan fingerprint density at radius 3 is 2.78 bits per heavy atom. The second-order valence-corrected chi connectivity index (χ2v) is 6.98. The third-order valence-corrected chi connectivity index (χ3v) is 5.05. The van der Waals surface area contributed by atoms with Crippen molar-refractivity contribution in [1.82, 2.24) is 20.2 Å². The van der Waals surface area contributed by atoms with Crippen LogP contribution in [0.4, 0.5) is 15.8 Å². The molecule has 0 radical (unpaired) electrons. The van der Waals surface area contributed by atoms with Crippen LogP contribution in [0, 0.1) is 5.82 Å². The monoisotopic (exact) mass is 430 g/mol. The van der Waals surface area contributed by atoms with Crippen LogP contribution in [0.5, 0.6) is 0 Å². The summed E-state index contributed by atoms with van der Waals surface area (Å²) in [4.78, 5) is 13.3. The van der Waals surface area contributed by atoms with Gasteiger partial charge in [-0.15, -0.1) is 5.10 Å². The maximum absolute atomic E-state index is 14.5. The van der Waals surface area contributed by atoms with E-state index < -0.39 is 5.82 Å². The molecule has 1 amide bonds. The van der Waals surface area contributed by atoms with Crippen molar-refractivity contribution < 1.29 is 9.18 Å². The van der Waals surface area contributed by atoms with Crippen molar-refractivity contribution in [2.75, 3.05) is 16.8 Å². The van der Waals surface area contributed by atoms with Crippen LogP contribution < -0.4 is 10.2 Å². The van der Waals surface area contributed by atoms with Crippen molar-refractivity contribution >= 4 is 33.2 Å². The first-order valence-electron chi connectivity index (χ1n) is 8.49. The molecule has 0 atom stereocenters. The summed E-state index contributed by atoms with van der Waals surface area (Å²) in [6.07, 6.45) is 1.23. The molecule has 1 aliphatic heterocycles. The predicted molar refractivity (Wildman–Crippen MR) is 102 cm³/mol. The van der Waals surface area contributed by atoms with Crippen LogP contribution in [-0.2, 0) is 11.3 Å². The number of amides is 1. The molecule has 1 saturated heterocycles. The van der Waals surface area contributed by atoms with Crippen LogP contribution in [0.1, 0.15) is 18.7 Å². The van der Waals surface area contributed by atoms with E-state index in [-0.39, 0.29) is 5.91 Å². The smallest absolute Gasteiger partial charge is 0.227 e. The fourth-order valence-electron chi connectivity index (χ4n) is 3.05. The highest BCUT2D eigenvalue weighted by Gasteiger charge is 2.24. The summed E-state index contributed by atoms with van der Waals surface area (Å²) in [7, 11) is 0. The molecule has 4 rings (SSSR count). The van der Waals surface area contributed by atoms with E-state index in [0.717, 1.165) is 16.6 Å². The average Bonchev–Trinajstić information content (AvgIpc) is 3.29. The first-order valence-corrected chi connectivity index (χ1v) is 9.29. The summed E-state index contributed by atoms with van der Waals surface area (Å²) in [5, 5.41) is 14.9. The normalized spacial score (nSPS) is 14.0. The number of carbonyl (C=O) groups is 1. The number of hydrogen-bond donors (Lipinski definition) is 1. The minimum Gasteiger partial charge on any atom is -0.378 e. The number of tetrazole rings is 1. The van der Waals surface area contributed by atoms with Crippen molar-refractivity contribution in [2.24, 2.45) is 0 Å². The van der Waals surface area contributed by atoms with Gasteiger partial charge in [0, 0.05) is 23.1 Å². The fraction of sp³-hybridized carbons (Fsp3) is 0.222. The Balaban J connectivity index is 1.50. The van der Waals surface area contributed by atoms with Gasteiger partial charge in [-0.05, 0) is 63.1 Å². The molecule has 0 bridgehead atoms. The van der Waals surface area contributed by atoms with Crippen molar-refractivity contribution in [3.8, 4) is 5.69 Å². The van der Waals surface area contributed by atoms with Crippen molar-refractivity contribution in [1.29, 1.82) is 0 Å². The molecule has 0 aliphatic carbocycles. The number of halogens is 2. The predicted octanol–water partition coefficient (Wildman–Crippen LogP) is 3.30. The van der Waals surface area contributed by atoms with E-state index in [1.807, 2.05) is 24.3 Å². The third-order valence-electron chi connectivity index (χ3n) is 4.38. The highest BCUT2D eigenvalue weighted by molar-refractivity contribution is 9.10. The molecule has 0 unspecified atom stereocenters. The summed E-state index contributed by atoms with van der Waals surface area (Å²) < 4.78 is 16.9. The maximum Gasteiger partial charge on any atom is 0.227 e. The molecule has 1 fully saturated rings. The Labute approximate surface area is 163 Å². The van der Waals surface area contributed by atoms with Crippen LogP contribution in [-0.4, -0.2) is 32.7 Å². The van der Waals surface area contributed by atoms with Gasteiger partial charge < -0.3 is 10.2 Å². The van der Waals surface area contributed by atoms with Crippen LogP contribution in [0.15, 0.2) is 46.9 Å². The highest BCUT2D eigenvalue weighted by Crippen LogP contribution is 2.27. The summed E-state index contributed by atoms with van der Waals surface area (Å²) in [6.45, 7) is 0.874. The van der Waals surface area contributed by atoms with E-state index >= 15 is 0 Å². The van der Waals surface area contributed by atoms with Gasteiger partial charge in [0.2, 0.25) is 5.91 Å². The molecule has 2 aromatic carbocycles. The SMILES string of the molecule is O=C1CCCN1c1ccc(NCc2nnnn2-c2ccccc2Br)cc1F. The van der Waals surface area contributed by atoms with Gasteiger partial charge in [0.05, 0.1) is 17.9 Å². The molecule has 1 N–H and O–H groups in total. The summed E-state index contributed by atoms with van der Waals surface area (Å²) in [5.74, 6) is 0.115. The van der Waals surface area contributed by atoms with E-state index in [4.69, 9.17) is 0 Å². The quantitative estimate of drug-likeness (QED) is 0.671. The number of para-hydroxylation sites is 1. The molecule has 138 valence electrons. The van der Waals surface area contributed by atoms with Gasteiger partial charge in [-0.1, -0.05) is 12.1 Å². The zero-order chi connectivity index (χ0) is 18.8.